The van der Waals surface area contributed by atoms with Gasteiger partial charge in [-0.15, -0.1) is 0 Å². The average molecular weight is 386 g/mol. The number of hydrogen-bond donors (Lipinski definition) is 0. The molecule has 0 saturated carbocycles. The summed E-state index contributed by atoms with van der Waals surface area (Å²) in [4.78, 5) is 2.51. The van der Waals surface area contributed by atoms with Crippen LogP contribution in [0, 0.1) is 0 Å². The van der Waals surface area contributed by atoms with Gasteiger partial charge in [0.1, 0.15) is 17.4 Å². The van der Waals surface area contributed by atoms with E-state index in [1.165, 1.54) is 22.8 Å². The molecule has 0 amide bonds. The number of nitrogens with zero attached hydrogens (tertiary/aromatic N) is 1. The van der Waals surface area contributed by atoms with Gasteiger partial charge in [0.2, 0.25) is 0 Å². The van der Waals surface area contributed by atoms with Crippen LogP contribution in [0.15, 0.2) is 60.7 Å². The van der Waals surface area contributed by atoms with Crippen LogP contribution < -0.4 is 4.74 Å². The maximum absolute atomic E-state index is 6.24. The molecular weight excluding hydrogens is 365 g/mol. The molecule has 1 heterocycles. The van der Waals surface area contributed by atoms with Gasteiger partial charge in [-0.25, -0.2) is 0 Å². The molecule has 1 aliphatic heterocycles. The third kappa shape index (κ3) is 3.68. The zero-order chi connectivity index (χ0) is 17.9. The third-order valence-corrected chi connectivity index (χ3v) is 5.90. The highest BCUT2D eigenvalue weighted by molar-refractivity contribution is 6.42. The smallest absolute Gasteiger partial charge is 0.139 e. The summed E-state index contributed by atoms with van der Waals surface area (Å²) < 4.78 is 6.00. The van der Waals surface area contributed by atoms with E-state index in [1.54, 1.807) is 6.07 Å². The van der Waals surface area contributed by atoms with Crippen molar-refractivity contribution in [2.75, 3.05) is 13.2 Å². The summed E-state index contributed by atoms with van der Waals surface area (Å²) in [6, 6.07) is 21.0. The topological polar surface area (TPSA) is 12.5 Å². The normalized spacial score (nSPS) is 17.7. The van der Waals surface area contributed by atoms with Gasteiger partial charge >= 0.3 is 0 Å². The number of benzene rings is 3. The molecule has 1 aliphatic rings. The molecule has 2 nitrogen and oxygen atoms in total. The van der Waals surface area contributed by atoms with Crippen molar-refractivity contribution >= 4 is 34.0 Å². The van der Waals surface area contributed by atoms with E-state index in [9.17, 15) is 0 Å². The average Bonchev–Trinajstić information content (AvgIpc) is 3.10. The van der Waals surface area contributed by atoms with Crippen LogP contribution in [0.1, 0.15) is 18.4 Å². The fraction of sp³-hybridized carbons (Fsp3) is 0.273. The SMILES string of the molecule is Clc1cccc(OC[C@@H]2CCCN2Cc2cccc3ccccc23)c1Cl. The Morgan fingerprint density at radius 2 is 1.77 bits per heavy atom. The highest BCUT2D eigenvalue weighted by Gasteiger charge is 2.25. The second-order valence-electron chi connectivity index (χ2n) is 6.77. The third-order valence-electron chi connectivity index (χ3n) is 5.10. The van der Waals surface area contributed by atoms with Crippen LogP contribution in [0.5, 0.6) is 5.75 Å². The van der Waals surface area contributed by atoms with Crippen molar-refractivity contribution in [2.45, 2.75) is 25.4 Å². The van der Waals surface area contributed by atoms with Gasteiger partial charge in [0.15, 0.2) is 0 Å². The number of likely N-dealkylation sites (tertiary alicyclic amines) is 1. The zero-order valence-electron chi connectivity index (χ0n) is 14.5. The van der Waals surface area contributed by atoms with E-state index in [2.05, 4.69) is 47.4 Å². The Bertz CT molecular complexity index is 906. The highest BCUT2D eigenvalue weighted by atomic mass is 35.5. The molecule has 3 aromatic rings. The lowest BCUT2D eigenvalue weighted by Crippen LogP contribution is -2.33. The first kappa shape index (κ1) is 17.7. The van der Waals surface area contributed by atoms with Gasteiger partial charge in [0.05, 0.1) is 5.02 Å². The fourth-order valence-corrected chi connectivity index (χ4v) is 4.07. The van der Waals surface area contributed by atoms with E-state index in [-0.39, 0.29) is 0 Å². The van der Waals surface area contributed by atoms with Crippen LogP contribution in [0.3, 0.4) is 0 Å². The Hall–Kier alpha value is -1.74. The fourth-order valence-electron chi connectivity index (χ4n) is 3.72. The first-order valence-electron chi connectivity index (χ1n) is 9.00. The van der Waals surface area contributed by atoms with Crippen molar-refractivity contribution in [2.24, 2.45) is 0 Å². The number of halogens is 2. The maximum Gasteiger partial charge on any atom is 0.139 e. The minimum atomic E-state index is 0.393. The molecule has 134 valence electrons. The Balaban J connectivity index is 1.47. The maximum atomic E-state index is 6.24. The molecule has 1 atom stereocenters. The van der Waals surface area contributed by atoms with Gasteiger partial charge in [-0.1, -0.05) is 71.7 Å². The molecule has 0 bridgehead atoms. The van der Waals surface area contributed by atoms with Gasteiger partial charge in [0.25, 0.3) is 0 Å². The van der Waals surface area contributed by atoms with E-state index < -0.39 is 0 Å². The van der Waals surface area contributed by atoms with Crippen molar-refractivity contribution in [3.05, 3.63) is 76.3 Å². The molecule has 3 aromatic carbocycles. The summed E-state index contributed by atoms with van der Waals surface area (Å²) in [5, 5.41) is 3.65. The van der Waals surface area contributed by atoms with Crippen molar-refractivity contribution in [3.8, 4) is 5.75 Å². The van der Waals surface area contributed by atoms with Crippen LogP contribution in [0.2, 0.25) is 10.0 Å². The predicted octanol–water partition coefficient (Wildman–Crippen LogP) is 6.19. The molecule has 0 aliphatic carbocycles. The van der Waals surface area contributed by atoms with Gasteiger partial charge < -0.3 is 4.74 Å². The highest BCUT2D eigenvalue weighted by Crippen LogP contribution is 2.32. The molecule has 0 N–H and O–H groups in total. The van der Waals surface area contributed by atoms with Crippen LogP contribution in [0.4, 0.5) is 0 Å². The van der Waals surface area contributed by atoms with Crippen LogP contribution >= 0.6 is 23.2 Å². The Kier molecular flexibility index (Phi) is 5.35. The van der Waals surface area contributed by atoms with E-state index in [0.717, 1.165) is 19.5 Å². The van der Waals surface area contributed by atoms with Crippen LogP contribution in [-0.2, 0) is 6.54 Å². The van der Waals surface area contributed by atoms with E-state index in [1.807, 2.05) is 12.1 Å². The minimum absolute atomic E-state index is 0.393. The molecule has 4 rings (SSSR count). The first-order chi connectivity index (χ1) is 12.7. The molecule has 0 unspecified atom stereocenters. The van der Waals surface area contributed by atoms with Gasteiger partial charge in [-0.05, 0) is 47.9 Å². The lowest BCUT2D eigenvalue weighted by atomic mass is 10.0. The summed E-state index contributed by atoms with van der Waals surface area (Å²) in [5.41, 5.74) is 1.37. The number of rotatable bonds is 5. The Morgan fingerprint density at radius 3 is 2.69 bits per heavy atom. The number of hydrogen-bond acceptors (Lipinski definition) is 2. The second kappa shape index (κ2) is 7.87. The summed E-state index contributed by atoms with van der Waals surface area (Å²) >= 11 is 12.3. The van der Waals surface area contributed by atoms with Crippen LogP contribution in [0.25, 0.3) is 10.8 Å². The summed E-state index contributed by atoms with van der Waals surface area (Å²) in [6.07, 6.45) is 2.34. The molecule has 0 radical (unpaired) electrons. The minimum Gasteiger partial charge on any atom is -0.490 e. The molecule has 4 heteroatoms. The Labute approximate surface area is 164 Å². The Morgan fingerprint density at radius 1 is 0.962 bits per heavy atom. The number of fused-ring (bicyclic) bond motifs is 1. The quantitative estimate of drug-likeness (QED) is 0.518. The summed E-state index contributed by atoms with van der Waals surface area (Å²) in [7, 11) is 0. The first-order valence-corrected chi connectivity index (χ1v) is 9.75. The van der Waals surface area contributed by atoms with E-state index >= 15 is 0 Å². The standard InChI is InChI=1S/C22H21Cl2NO/c23-20-11-4-12-21(22(20)24)26-15-18-9-5-13-25(18)14-17-8-3-7-16-6-1-2-10-19(16)17/h1-4,6-8,10-12,18H,5,9,13-15H2/t18-/m0/s1. The second-order valence-corrected chi connectivity index (χ2v) is 7.55. The number of ether oxygens (including phenoxy) is 1. The molecule has 26 heavy (non-hydrogen) atoms. The monoisotopic (exact) mass is 385 g/mol. The van der Waals surface area contributed by atoms with Gasteiger partial charge in [-0.3, -0.25) is 4.90 Å². The lowest BCUT2D eigenvalue weighted by molar-refractivity contribution is 0.167. The lowest BCUT2D eigenvalue weighted by Gasteiger charge is -2.25. The van der Waals surface area contributed by atoms with Crippen molar-refractivity contribution in [1.82, 2.24) is 4.90 Å². The van der Waals surface area contributed by atoms with Crippen molar-refractivity contribution in [3.63, 3.8) is 0 Å². The molecule has 0 aromatic heterocycles. The molecular formula is C22H21Cl2NO. The van der Waals surface area contributed by atoms with Crippen molar-refractivity contribution in [1.29, 1.82) is 0 Å². The molecule has 1 fully saturated rings. The van der Waals surface area contributed by atoms with Crippen molar-refractivity contribution < 1.29 is 4.74 Å². The van der Waals surface area contributed by atoms with Crippen LogP contribution in [-0.4, -0.2) is 24.1 Å². The zero-order valence-corrected chi connectivity index (χ0v) is 16.0. The van der Waals surface area contributed by atoms with E-state index in [4.69, 9.17) is 27.9 Å². The van der Waals surface area contributed by atoms with E-state index in [0.29, 0.717) is 28.4 Å². The molecule has 1 saturated heterocycles. The van der Waals surface area contributed by atoms with Gasteiger partial charge in [-0.2, -0.15) is 0 Å². The van der Waals surface area contributed by atoms with Gasteiger partial charge in [0, 0.05) is 12.6 Å². The summed E-state index contributed by atoms with van der Waals surface area (Å²) in [6.45, 7) is 2.67. The predicted molar refractivity (Wildman–Crippen MR) is 109 cm³/mol. The largest absolute Gasteiger partial charge is 0.490 e. The summed E-state index contributed by atoms with van der Waals surface area (Å²) in [5.74, 6) is 0.663. The molecule has 0 spiro atoms.